The fourth-order valence-corrected chi connectivity index (χ4v) is 5.21. The molecule has 1 aliphatic carbocycles. The van der Waals surface area contributed by atoms with Gasteiger partial charge in [-0.25, -0.2) is 4.68 Å². The quantitative estimate of drug-likeness (QED) is 0.549. The minimum atomic E-state index is -4.46. The first-order chi connectivity index (χ1) is 17.3. The van der Waals surface area contributed by atoms with Crippen LogP contribution in [0.3, 0.4) is 0 Å². The Bertz CT molecular complexity index is 1250. The number of hydrogen-bond acceptors (Lipinski definition) is 8. The second-order valence-electron chi connectivity index (χ2n) is 9.90. The number of alkyl halides is 3. The van der Waals surface area contributed by atoms with Gasteiger partial charge in [-0.2, -0.15) is 28.2 Å². The minimum absolute atomic E-state index is 0.0496. The largest absolute Gasteiger partial charge is 0.416 e. The Kier molecular flexibility index (Phi) is 5.77. The standard InChI is InChI=1S/C24H28F3N7O2/c1-14-13-36-6-5-33(14)18-11-32(12-18)21-20-10-28-34(17-4-2-3-15(7-17)24(25,26)27)22(20)31-23(30-21)29-16-8-19(35)9-16/h2-4,7,10,14,16,18-19,35H,5-6,8-9,11-13H2,1H3,(H,29,30,31)/t14-,16-,19+/m0/s1. The van der Waals surface area contributed by atoms with Gasteiger partial charge in [-0.15, -0.1) is 0 Å². The highest BCUT2D eigenvalue weighted by Crippen LogP contribution is 2.34. The molecule has 1 atom stereocenters. The summed E-state index contributed by atoms with van der Waals surface area (Å²) < 4.78 is 47.0. The molecule has 12 heteroatoms. The van der Waals surface area contributed by atoms with E-state index in [-0.39, 0.29) is 17.8 Å². The number of halogens is 3. The molecule has 3 fully saturated rings. The zero-order chi connectivity index (χ0) is 25.0. The first-order valence-electron chi connectivity index (χ1n) is 12.2. The summed E-state index contributed by atoms with van der Waals surface area (Å²) in [5, 5.41) is 18.0. The molecule has 3 aliphatic rings. The third-order valence-electron chi connectivity index (χ3n) is 7.32. The van der Waals surface area contributed by atoms with Gasteiger partial charge < -0.3 is 20.1 Å². The number of nitrogens with zero attached hydrogens (tertiary/aromatic N) is 6. The average molecular weight is 504 g/mol. The maximum absolute atomic E-state index is 13.3. The molecule has 0 amide bonds. The van der Waals surface area contributed by atoms with Crippen LogP contribution >= 0.6 is 0 Å². The number of anilines is 2. The van der Waals surface area contributed by atoms with Gasteiger partial charge in [0.1, 0.15) is 5.82 Å². The van der Waals surface area contributed by atoms with E-state index in [1.165, 1.54) is 10.7 Å². The maximum atomic E-state index is 13.3. The second-order valence-corrected chi connectivity index (χ2v) is 9.90. The van der Waals surface area contributed by atoms with E-state index in [4.69, 9.17) is 9.72 Å². The summed E-state index contributed by atoms with van der Waals surface area (Å²) in [5.41, 5.74) is -0.0343. The topological polar surface area (TPSA) is 91.6 Å². The van der Waals surface area contributed by atoms with Crippen molar-refractivity contribution in [1.82, 2.24) is 24.6 Å². The maximum Gasteiger partial charge on any atom is 0.416 e. The number of rotatable bonds is 5. The molecule has 1 aromatic carbocycles. The first kappa shape index (κ1) is 23.4. The SMILES string of the molecule is C[C@H]1COCCN1C1CN(c2nc(N[C@H]3C[C@@H](O)C3)nc3c2cnn3-c2cccc(C(F)(F)F)c2)C1. The van der Waals surface area contributed by atoms with Gasteiger partial charge in [0.25, 0.3) is 0 Å². The number of benzene rings is 1. The van der Waals surface area contributed by atoms with E-state index in [9.17, 15) is 18.3 Å². The van der Waals surface area contributed by atoms with Crippen molar-refractivity contribution in [2.24, 2.45) is 0 Å². The highest BCUT2D eigenvalue weighted by Gasteiger charge is 2.38. The van der Waals surface area contributed by atoms with Crippen LogP contribution in [-0.2, 0) is 10.9 Å². The summed E-state index contributed by atoms with van der Waals surface area (Å²) in [6.45, 7) is 6.07. The van der Waals surface area contributed by atoms with E-state index in [1.54, 1.807) is 12.3 Å². The molecule has 0 unspecified atom stereocenters. The molecule has 2 aliphatic heterocycles. The van der Waals surface area contributed by atoms with E-state index in [1.807, 2.05) is 0 Å². The van der Waals surface area contributed by atoms with Crippen LogP contribution in [0.15, 0.2) is 30.5 Å². The molecule has 4 heterocycles. The summed E-state index contributed by atoms with van der Waals surface area (Å²) in [7, 11) is 0. The van der Waals surface area contributed by atoms with Gasteiger partial charge in [-0.3, -0.25) is 4.90 Å². The number of aromatic nitrogens is 4. The van der Waals surface area contributed by atoms with Crippen LogP contribution in [0.4, 0.5) is 24.9 Å². The number of fused-ring (bicyclic) bond motifs is 1. The number of morpholine rings is 1. The van der Waals surface area contributed by atoms with Crippen LogP contribution in [0, 0.1) is 0 Å². The lowest BCUT2D eigenvalue weighted by atomic mass is 9.90. The molecular weight excluding hydrogens is 475 g/mol. The van der Waals surface area contributed by atoms with Crippen LogP contribution < -0.4 is 10.2 Å². The Balaban J connectivity index is 1.34. The molecule has 6 rings (SSSR count). The van der Waals surface area contributed by atoms with Crippen molar-refractivity contribution in [1.29, 1.82) is 0 Å². The van der Waals surface area contributed by atoms with Gasteiger partial charge in [0.15, 0.2) is 5.65 Å². The van der Waals surface area contributed by atoms with E-state index in [0.717, 1.165) is 45.0 Å². The van der Waals surface area contributed by atoms with Crippen molar-refractivity contribution in [2.75, 3.05) is 43.1 Å². The molecule has 2 saturated heterocycles. The highest BCUT2D eigenvalue weighted by atomic mass is 19.4. The van der Waals surface area contributed by atoms with Gasteiger partial charge in [0, 0.05) is 37.8 Å². The molecule has 9 nitrogen and oxygen atoms in total. The number of ether oxygens (including phenoxy) is 1. The highest BCUT2D eigenvalue weighted by molar-refractivity contribution is 5.89. The van der Waals surface area contributed by atoms with E-state index in [0.29, 0.717) is 47.7 Å². The van der Waals surface area contributed by atoms with Crippen molar-refractivity contribution < 1.29 is 23.0 Å². The molecule has 1 saturated carbocycles. The van der Waals surface area contributed by atoms with Crippen molar-refractivity contribution in [3.05, 3.63) is 36.0 Å². The molecular formula is C24H28F3N7O2. The normalized spacial score (nSPS) is 25.6. The lowest BCUT2D eigenvalue weighted by Crippen LogP contribution is -2.64. The van der Waals surface area contributed by atoms with E-state index in [2.05, 4.69) is 32.1 Å². The summed E-state index contributed by atoms with van der Waals surface area (Å²) in [4.78, 5) is 14.0. The second kappa shape index (κ2) is 8.86. The third kappa shape index (κ3) is 4.27. The zero-order valence-electron chi connectivity index (χ0n) is 19.8. The van der Waals surface area contributed by atoms with E-state index >= 15 is 0 Å². The molecule has 36 heavy (non-hydrogen) atoms. The summed E-state index contributed by atoms with van der Waals surface area (Å²) >= 11 is 0. The number of aliphatic hydroxyl groups excluding tert-OH is 1. The van der Waals surface area contributed by atoms with Crippen molar-refractivity contribution in [3.8, 4) is 5.69 Å². The Hall–Kier alpha value is -2.96. The van der Waals surface area contributed by atoms with Crippen LogP contribution in [0.1, 0.15) is 25.3 Å². The first-order valence-corrected chi connectivity index (χ1v) is 12.2. The van der Waals surface area contributed by atoms with E-state index < -0.39 is 11.7 Å². The number of hydrogen-bond donors (Lipinski definition) is 2. The summed E-state index contributed by atoms with van der Waals surface area (Å²) in [6.07, 6.45) is -1.98. The Morgan fingerprint density at radius 2 is 1.97 bits per heavy atom. The summed E-state index contributed by atoms with van der Waals surface area (Å²) in [5.74, 6) is 1.09. The lowest BCUT2D eigenvalue weighted by molar-refractivity contribution is -0.137. The predicted molar refractivity (Wildman–Crippen MR) is 127 cm³/mol. The van der Waals surface area contributed by atoms with Crippen LogP contribution in [0.2, 0.25) is 0 Å². The Morgan fingerprint density at radius 1 is 1.17 bits per heavy atom. The predicted octanol–water partition coefficient (Wildman–Crippen LogP) is 2.68. The Labute approximate surface area is 205 Å². The summed E-state index contributed by atoms with van der Waals surface area (Å²) in [6, 6.07) is 5.84. The number of nitrogens with one attached hydrogen (secondary N) is 1. The van der Waals surface area contributed by atoms with Crippen LogP contribution in [-0.4, -0.2) is 86.8 Å². The molecule has 3 aromatic rings. The van der Waals surface area contributed by atoms with Gasteiger partial charge >= 0.3 is 6.18 Å². The molecule has 2 aromatic heterocycles. The molecule has 192 valence electrons. The smallest absolute Gasteiger partial charge is 0.393 e. The van der Waals surface area contributed by atoms with Gasteiger partial charge in [0.2, 0.25) is 5.95 Å². The molecule has 0 bridgehead atoms. The van der Waals surface area contributed by atoms with Crippen LogP contribution in [0.5, 0.6) is 0 Å². The number of aliphatic hydroxyl groups is 1. The van der Waals surface area contributed by atoms with Crippen molar-refractivity contribution in [2.45, 2.75) is 50.2 Å². The molecule has 0 radical (unpaired) electrons. The minimum Gasteiger partial charge on any atom is -0.393 e. The van der Waals surface area contributed by atoms with Gasteiger partial charge in [0.05, 0.1) is 42.2 Å². The molecule has 2 N–H and O–H groups in total. The monoisotopic (exact) mass is 503 g/mol. The van der Waals surface area contributed by atoms with Gasteiger partial charge in [-0.1, -0.05) is 6.07 Å². The van der Waals surface area contributed by atoms with Crippen molar-refractivity contribution in [3.63, 3.8) is 0 Å². The fourth-order valence-electron chi connectivity index (χ4n) is 5.21. The van der Waals surface area contributed by atoms with Crippen LogP contribution in [0.25, 0.3) is 16.7 Å². The fraction of sp³-hybridized carbons (Fsp3) is 0.542. The third-order valence-corrected chi connectivity index (χ3v) is 7.32. The molecule has 0 spiro atoms. The Morgan fingerprint density at radius 3 is 2.69 bits per heavy atom. The zero-order valence-corrected chi connectivity index (χ0v) is 19.8. The average Bonchev–Trinajstić information content (AvgIpc) is 3.22. The van der Waals surface area contributed by atoms with Gasteiger partial charge in [-0.05, 0) is 38.0 Å². The lowest BCUT2D eigenvalue weighted by Gasteiger charge is -2.49. The van der Waals surface area contributed by atoms with Crippen molar-refractivity contribution >= 4 is 22.8 Å².